The second-order valence-corrected chi connectivity index (χ2v) is 15.2. The number of terminal acetylenes is 1. The Hall–Kier alpha value is -4.74. The van der Waals surface area contributed by atoms with Crippen molar-refractivity contribution in [2.24, 2.45) is 5.41 Å². The fraction of sp³-hybridized carbons (Fsp3) is 0.459. The van der Waals surface area contributed by atoms with Crippen molar-refractivity contribution < 1.29 is 32.3 Å². The van der Waals surface area contributed by atoms with Gasteiger partial charge in [-0.3, -0.25) is 15.0 Å². The predicted octanol–water partition coefficient (Wildman–Crippen LogP) is 6.30. The summed E-state index contributed by atoms with van der Waals surface area (Å²) >= 11 is 0. The molecule has 5 heterocycles. The van der Waals surface area contributed by atoms with E-state index < -0.39 is 44.7 Å². The van der Waals surface area contributed by atoms with E-state index in [-0.39, 0.29) is 81.9 Å². The smallest absolute Gasteiger partial charge is 0.319 e. The van der Waals surface area contributed by atoms with E-state index in [0.717, 1.165) is 44.4 Å². The van der Waals surface area contributed by atoms with Gasteiger partial charge in [-0.1, -0.05) is 12.0 Å². The van der Waals surface area contributed by atoms with Crippen molar-refractivity contribution in [1.82, 2.24) is 20.2 Å². The molecule has 1 unspecified atom stereocenters. The second kappa shape index (κ2) is 11.1. The molecule has 2 bridgehead atoms. The van der Waals surface area contributed by atoms with Crippen molar-refractivity contribution in [2.75, 3.05) is 37.7 Å². The lowest BCUT2D eigenvalue weighted by molar-refractivity contribution is -0.384. The molecule has 0 amide bonds. The SMILES string of the molecule is C#Cc1c(F)ccc2cc(O)cc(-c3c([N+](=O)[O-])cc4c(N5C[C@H]6CC[C@@H](C5)N6)nc(OCC56CCCN5CC5(CC(F)(F)C5)C6)nc4c3F)c12. The molecule has 1 aliphatic carbocycles. The molecular weight excluding hydrogens is 668 g/mol. The summed E-state index contributed by atoms with van der Waals surface area (Å²) in [5, 5.41) is 27.3. The Morgan fingerprint density at radius 3 is 2.59 bits per heavy atom. The van der Waals surface area contributed by atoms with Gasteiger partial charge in [-0.15, -0.1) is 6.42 Å². The number of phenols is 1. The maximum Gasteiger partial charge on any atom is 0.319 e. The summed E-state index contributed by atoms with van der Waals surface area (Å²) in [6, 6.07) is 6.29. The third-order valence-corrected chi connectivity index (χ3v) is 11.8. The molecule has 3 aromatic carbocycles. The van der Waals surface area contributed by atoms with Crippen LogP contribution in [0.15, 0.2) is 30.3 Å². The van der Waals surface area contributed by atoms with E-state index in [9.17, 15) is 24.0 Å². The van der Waals surface area contributed by atoms with Crippen molar-refractivity contribution in [1.29, 1.82) is 0 Å². The molecule has 264 valence electrons. The first-order chi connectivity index (χ1) is 24.4. The van der Waals surface area contributed by atoms with Crippen molar-refractivity contribution in [3.8, 4) is 35.2 Å². The summed E-state index contributed by atoms with van der Waals surface area (Å²) in [5.41, 5.74) is -2.76. The lowest BCUT2D eigenvalue weighted by Gasteiger charge is -2.45. The van der Waals surface area contributed by atoms with Gasteiger partial charge in [-0.25, -0.2) is 17.6 Å². The van der Waals surface area contributed by atoms with Gasteiger partial charge in [0, 0.05) is 61.6 Å². The molecule has 1 saturated carbocycles. The number of piperazine rings is 1. The topological polar surface area (TPSA) is 117 Å². The lowest BCUT2D eigenvalue weighted by atomic mass is 9.63. The molecular formula is C37H34F4N6O4. The summed E-state index contributed by atoms with van der Waals surface area (Å²) in [4.78, 5) is 25.4. The second-order valence-electron chi connectivity index (χ2n) is 15.2. The molecule has 4 aliphatic heterocycles. The molecule has 9 rings (SSSR count). The Labute approximate surface area is 289 Å². The highest BCUT2D eigenvalue weighted by Crippen LogP contribution is 2.62. The number of nitrogens with zero attached hydrogens (tertiary/aromatic N) is 5. The molecule has 5 aliphatic rings. The maximum atomic E-state index is 17.3. The summed E-state index contributed by atoms with van der Waals surface area (Å²) in [6.07, 6.45) is 9.44. The Balaban J connectivity index is 1.20. The molecule has 51 heavy (non-hydrogen) atoms. The number of alkyl halides is 2. The van der Waals surface area contributed by atoms with Crippen molar-refractivity contribution in [2.45, 2.75) is 68.5 Å². The van der Waals surface area contributed by atoms with Gasteiger partial charge in [0.25, 0.3) is 5.69 Å². The summed E-state index contributed by atoms with van der Waals surface area (Å²) in [5.74, 6) is -2.30. The van der Waals surface area contributed by atoms with Crippen LogP contribution in [0, 0.1) is 39.5 Å². The van der Waals surface area contributed by atoms with Crippen LogP contribution in [0.3, 0.4) is 0 Å². The van der Waals surface area contributed by atoms with Gasteiger partial charge in [0.15, 0.2) is 5.82 Å². The first kappa shape index (κ1) is 32.2. The average molecular weight is 703 g/mol. The number of nitro benzene ring substituents is 1. The van der Waals surface area contributed by atoms with Crippen LogP contribution >= 0.6 is 0 Å². The Morgan fingerprint density at radius 2 is 1.88 bits per heavy atom. The van der Waals surface area contributed by atoms with Gasteiger partial charge < -0.3 is 20.1 Å². The molecule has 4 saturated heterocycles. The molecule has 14 heteroatoms. The van der Waals surface area contributed by atoms with Crippen LogP contribution in [0.4, 0.5) is 29.1 Å². The number of hydrogen-bond acceptors (Lipinski definition) is 9. The summed E-state index contributed by atoms with van der Waals surface area (Å²) < 4.78 is 66.7. The largest absolute Gasteiger partial charge is 0.508 e. The standard InChI is InChI=1S/C37H34F4N6O4/c1-2-24-27(38)7-4-20-10-23(48)11-25(29(20)24)30-28(47(49)50)12-26-32(31(30)39)43-34(44-33(26)45-13-21-5-6-22(14-45)42-21)51-19-36-8-3-9-46(36)18-35(15-36)16-37(40,41)17-35/h1,4,7,10-12,21-22,42,48H,3,5-6,8-9,13-19H2/t21-,22+,36?. The van der Waals surface area contributed by atoms with E-state index in [4.69, 9.17) is 16.1 Å². The van der Waals surface area contributed by atoms with Gasteiger partial charge in [0.2, 0.25) is 5.92 Å². The van der Waals surface area contributed by atoms with Crippen LogP contribution in [-0.4, -0.2) is 81.2 Å². The fourth-order valence-electron chi connectivity index (χ4n) is 9.91. The molecule has 2 N–H and O–H groups in total. The van der Waals surface area contributed by atoms with Crippen LogP contribution in [0.1, 0.15) is 50.5 Å². The minimum Gasteiger partial charge on any atom is -0.508 e. The quantitative estimate of drug-likeness (QED) is 0.103. The first-order valence-electron chi connectivity index (χ1n) is 17.2. The van der Waals surface area contributed by atoms with Gasteiger partial charge in [-0.05, 0) is 67.6 Å². The van der Waals surface area contributed by atoms with Crippen molar-refractivity contribution >= 4 is 33.2 Å². The molecule has 5 fully saturated rings. The van der Waals surface area contributed by atoms with Crippen molar-refractivity contribution in [3.63, 3.8) is 0 Å². The lowest BCUT2D eigenvalue weighted by Crippen LogP contribution is -2.51. The number of aromatic hydroxyl groups is 1. The Morgan fingerprint density at radius 1 is 1.12 bits per heavy atom. The van der Waals surface area contributed by atoms with Crippen LogP contribution in [-0.2, 0) is 0 Å². The Kier molecular flexibility index (Phi) is 7.02. The predicted molar refractivity (Wildman–Crippen MR) is 181 cm³/mol. The first-order valence-corrected chi connectivity index (χ1v) is 17.2. The molecule has 3 atom stereocenters. The zero-order chi connectivity index (χ0) is 35.4. The van der Waals surface area contributed by atoms with Crippen LogP contribution in [0.2, 0.25) is 0 Å². The van der Waals surface area contributed by atoms with E-state index in [1.54, 1.807) is 0 Å². The zero-order valence-corrected chi connectivity index (χ0v) is 27.5. The summed E-state index contributed by atoms with van der Waals surface area (Å²) in [7, 11) is 0. The highest BCUT2D eigenvalue weighted by atomic mass is 19.3. The normalized spacial score (nSPS) is 26.1. The minimum absolute atomic E-state index is 0.0262. The number of nitro groups is 1. The number of hydrogen-bond donors (Lipinski definition) is 2. The van der Waals surface area contributed by atoms with E-state index in [1.165, 1.54) is 18.2 Å². The van der Waals surface area contributed by atoms with Gasteiger partial charge in [0.1, 0.15) is 29.5 Å². The van der Waals surface area contributed by atoms with E-state index >= 15 is 8.78 Å². The fourth-order valence-corrected chi connectivity index (χ4v) is 9.91. The minimum atomic E-state index is -2.66. The number of halogens is 4. The molecule has 4 aromatic rings. The number of nitrogens with one attached hydrogen (secondary N) is 1. The molecule has 0 radical (unpaired) electrons. The van der Waals surface area contributed by atoms with E-state index in [1.807, 2.05) is 4.90 Å². The third kappa shape index (κ3) is 5.07. The van der Waals surface area contributed by atoms with Crippen LogP contribution < -0.4 is 15.0 Å². The molecule has 1 aromatic heterocycles. The zero-order valence-electron chi connectivity index (χ0n) is 27.5. The average Bonchev–Trinajstić information content (AvgIpc) is 3.71. The summed E-state index contributed by atoms with van der Waals surface area (Å²) in [6.45, 7) is 2.50. The van der Waals surface area contributed by atoms with Crippen LogP contribution in [0.5, 0.6) is 11.8 Å². The maximum absolute atomic E-state index is 17.3. The van der Waals surface area contributed by atoms with E-state index in [2.05, 4.69) is 21.1 Å². The van der Waals surface area contributed by atoms with Crippen molar-refractivity contribution in [3.05, 3.63) is 57.6 Å². The third-order valence-electron chi connectivity index (χ3n) is 11.8. The number of phenolic OH excluding ortho intramolecular Hbond substituents is 1. The highest BCUT2D eigenvalue weighted by molar-refractivity contribution is 6.06. The number of aromatic nitrogens is 2. The monoisotopic (exact) mass is 702 g/mol. The highest BCUT2D eigenvalue weighted by Gasteiger charge is 2.65. The molecule has 10 nitrogen and oxygen atoms in total. The number of fused-ring (bicyclic) bond motifs is 5. The van der Waals surface area contributed by atoms with Crippen LogP contribution in [0.25, 0.3) is 32.8 Å². The van der Waals surface area contributed by atoms with Gasteiger partial charge in [0.05, 0.1) is 27.0 Å². The Bertz CT molecular complexity index is 2190. The number of benzene rings is 3. The van der Waals surface area contributed by atoms with Gasteiger partial charge >= 0.3 is 6.01 Å². The number of ether oxygens (including phenoxy) is 1. The molecule has 1 spiro atoms. The number of anilines is 1. The van der Waals surface area contributed by atoms with Gasteiger partial charge in [-0.2, -0.15) is 9.97 Å². The van der Waals surface area contributed by atoms with E-state index in [0.29, 0.717) is 26.1 Å². The number of rotatable bonds is 6.